The van der Waals surface area contributed by atoms with E-state index >= 15 is 0 Å². The van der Waals surface area contributed by atoms with E-state index < -0.39 is 0 Å². The van der Waals surface area contributed by atoms with Gasteiger partial charge in [0.15, 0.2) is 5.82 Å². The van der Waals surface area contributed by atoms with Gasteiger partial charge < -0.3 is 15.2 Å². The highest BCUT2D eigenvalue weighted by atomic mass is 16.1. The minimum absolute atomic E-state index is 0.0203. The zero-order valence-electron chi connectivity index (χ0n) is 11.6. The van der Waals surface area contributed by atoms with Crippen molar-refractivity contribution in [3.8, 4) is 0 Å². The van der Waals surface area contributed by atoms with E-state index in [4.69, 9.17) is 5.73 Å². The SMILES string of the molecule is CCCN(CCN)c1nccn(CC(C)C)c1=O. The molecule has 1 aromatic heterocycles. The van der Waals surface area contributed by atoms with Gasteiger partial charge in [0.25, 0.3) is 5.56 Å². The average molecular weight is 252 g/mol. The molecule has 2 N–H and O–H groups in total. The van der Waals surface area contributed by atoms with E-state index in [2.05, 4.69) is 25.8 Å². The highest BCUT2D eigenvalue weighted by Crippen LogP contribution is 2.05. The third-order valence-electron chi connectivity index (χ3n) is 2.65. The molecular formula is C13H24N4O. The van der Waals surface area contributed by atoms with E-state index in [1.54, 1.807) is 17.0 Å². The Hall–Kier alpha value is -1.36. The summed E-state index contributed by atoms with van der Waals surface area (Å²) in [4.78, 5) is 18.5. The predicted molar refractivity (Wildman–Crippen MR) is 74.9 cm³/mol. The molecule has 1 rings (SSSR count). The summed E-state index contributed by atoms with van der Waals surface area (Å²) in [6.07, 6.45) is 4.41. The smallest absolute Gasteiger partial charge is 0.293 e. The summed E-state index contributed by atoms with van der Waals surface area (Å²) in [5.41, 5.74) is 5.57. The fraction of sp³-hybridized carbons (Fsp3) is 0.692. The van der Waals surface area contributed by atoms with Crippen LogP contribution in [-0.2, 0) is 6.54 Å². The second-order valence-corrected chi connectivity index (χ2v) is 4.88. The first-order valence-corrected chi connectivity index (χ1v) is 6.60. The molecule has 0 unspecified atom stereocenters. The molecule has 0 aliphatic carbocycles. The maximum Gasteiger partial charge on any atom is 0.293 e. The van der Waals surface area contributed by atoms with E-state index in [0.29, 0.717) is 24.8 Å². The third-order valence-corrected chi connectivity index (χ3v) is 2.65. The Kier molecular flexibility index (Phi) is 5.85. The van der Waals surface area contributed by atoms with Crippen LogP contribution in [-0.4, -0.2) is 29.2 Å². The zero-order valence-corrected chi connectivity index (χ0v) is 11.6. The topological polar surface area (TPSA) is 64.2 Å². The first kappa shape index (κ1) is 14.7. The Morgan fingerprint density at radius 3 is 2.72 bits per heavy atom. The summed E-state index contributed by atoms with van der Waals surface area (Å²) in [6.45, 7) is 9.00. The molecule has 0 aliphatic heterocycles. The molecule has 5 heteroatoms. The van der Waals surface area contributed by atoms with Gasteiger partial charge in [0, 0.05) is 38.6 Å². The second kappa shape index (κ2) is 7.16. The lowest BCUT2D eigenvalue weighted by Crippen LogP contribution is -2.37. The van der Waals surface area contributed by atoms with Crippen molar-refractivity contribution in [1.82, 2.24) is 9.55 Å². The van der Waals surface area contributed by atoms with Gasteiger partial charge in [-0.05, 0) is 12.3 Å². The summed E-state index contributed by atoms with van der Waals surface area (Å²) >= 11 is 0. The number of nitrogens with zero attached hydrogens (tertiary/aromatic N) is 3. The Labute approximate surface area is 109 Å². The minimum Gasteiger partial charge on any atom is -0.351 e. The van der Waals surface area contributed by atoms with Crippen LogP contribution >= 0.6 is 0 Å². The van der Waals surface area contributed by atoms with Crippen molar-refractivity contribution in [2.45, 2.75) is 33.7 Å². The van der Waals surface area contributed by atoms with Crippen LogP contribution in [0.15, 0.2) is 17.2 Å². The van der Waals surface area contributed by atoms with Gasteiger partial charge in [0.1, 0.15) is 0 Å². The number of anilines is 1. The molecule has 0 bridgehead atoms. The fourth-order valence-electron chi connectivity index (χ4n) is 1.94. The molecule has 1 heterocycles. The number of rotatable bonds is 7. The predicted octanol–water partition coefficient (Wildman–Crippen LogP) is 1.07. The molecule has 0 radical (unpaired) electrons. The molecular weight excluding hydrogens is 228 g/mol. The van der Waals surface area contributed by atoms with Crippen LogP contribution in [0.4, 0.5) is 5.82 Å². The maximum atomic E-state index is 12.3. The molecule has 0 saturated heterocycles. The van der Waals surface area contributed by atoms with Gasteiger partial charge in [-0.2, -0.15) is 0 Å². The van der Waals surface area contributed by atoms with Crippen LogP contribution in [0.5, 0.6) is 0 Å². The molecule has 1 aromatic rings. The average Bonchev–Trinajstić information content (AvgIpc) is 2.31. The minimum atomic E-state index is -0.0203. The van der Waals surface area contributed by atoms with Crippen LogP contribution in [0.25, 0.3) is 0 Å². The van der Waals surface area contributed by atoms with Gasteiger partial charge in [-0.1, -0.05) is 20.8 Å². The molecule has 0 atom stereocenters. The van der Waals surface area contributed by atoms with E-state index in [9.17, 15) is 4.79 Å². The number of nitrogens with two attached hydrogens (primary N) is 1. The lowest BCUT2D eigenvalue weighted by molar-refractivity contribution is 0.507. The van der Waals surface area contributed by atoms with Crippen molar-refractivity contribution in [2.75, 3.05) is 24.5 Å². The van der Waals surface area contributed by atoms with Gasteiger partial charge in [-0.25, -0.2) is 4.98 Å². The third kappa shape index (κ3) is 3.84. The van der Waals surface area contributed by atoms with Gasteiger partial charge in [-0.3, -0.25) is 4.79 Å². The molecule has 0 amide bonds. The molecule has 0 saturated carbocycles. The Bertz CT molecular complexity index is 408. The van der Waals surface area contributed by atoms with Crippen LogP contribution in [0, 0.1) is 5.92 Å². The largest absolute Gasteiger partial charge is 0.351 e. The quantitative estimate of drug-likeness (QED) is 0.788. The summed E-state index contributed by atoms with van der Waals surface area (Å²) in [5.74, 6) is 0.956. The Balaban J connectivity index is 3.03. The second-order valence-electron chi connectivity index (χ2n) is 4.88. The first-order chi connectivity index (χ1) is 8.60. The molecule has 0 spiro atoms. The zero-order chi connectivity index (χ0) is 13.5. The number of hydrogen-bond acceptors (Lipinski definition) is 4. The maximum absolute atomic E-state index is 12.3. The number of hydrogen-bond donors (Lipinski definition) is 1. The monoisotopic (exact) mass is 252 g/mol. The van der Waals surface area contributed by atoms with Crippen molar-refractivity contribution in [3.63, 3.8) is 0 Å². The highest BCUT2D eigenvalue weighted by molar-refractivity contribution is 5.35. The molecule has 102 valence electrons. The van der Waals surface area contributed by atoms with Gasteiger partial charge in [0.2, 0.25) is 0 Å². The molecule has 5 nitrogen and oxygen atoms in total. The lowest BCUT2D eigenvalue weighted by atomic mass is 10.2. The molecule has 0 fully saturated rings. The van der Waals surface area contributed by atoms with Crippen LogP contribution in [0.1, 0.15) is 27.2 Å². The van der Waals surface area contributed by atoms with Crippen molar-refractivity contribution in [3.05, 3.63) is 22.7 Å². The molecule has 0 aliphatic rings. The van der Waals surface area contributed by atoms with Crippen molar-refractivity contribution in [2.24, 2.45) is 11.7 Å². The van der Waals surface area contributed by atoms with E-state index in [0.717, 1.165) is 19.5 Å². The molecule has 18 heavy (non-hydrogen) atoms. The Morgan fingerprint density at radius 1 is 1.44 bits per heavy atom. The Morgan fingerprint density at radius 2 is 2.17 bits per heavy atom. The number of aromatic nitrogens is 2. The lowest BCUT2D eigenvalue weighted by Gasteiger charge is -2.22. The van der Waals surface area contributed by atoms with E-state index in [1.165, 1.54) is 0 Å². The van der Waals surface area contributed by atoms with Crippen LogP contribution in [0.2, 0.25) is 0 Å². The summed E-state index contributed by atoms with van der Waals surface area (Å²) < 4.78 is 1.73. The standard InChI is InChI=1S/C13H24N4O/c1-4-7-16(8-5-14)12-13(18)17(9-6-15-12)10-11(2)3/h6,9,11H,4-5,7-8,10,14H2,1-3H3. The fourth-order valence-corrected chi connectivity index (χ4v) is 1.94. The van der Waals surface area contributed by atoms with Crippen LogP contribution in [0.3, 0.4) is 0 Å². The van der Waals surface area contributed by atoms with Gasteiger partial charge >= 0.3 is 0 Å². The summed E-state index contributed by atoms with van der Waals surface area (Å²) in [6, 6.07) is 0. The van der Waals surface area contributed by atoms with Crippen LogP contribution < -0.4 is 16.2 Å². The van der Waals surface area contributed by atoms with Gasteiger partial charge in [0.05, 0.1) is 0 Å². The van der Waals surface area contributed by atoms with Crippen molar-refractivity contribution < 1.29 is 0 Å². The van der Waals surface area contributed by atoms with Crippen molar-refractivity contribution in [1.29, 1.82) is 0 Å². The van der Waals surface area contributed by atoms with E-state index in [-0.39, 0.29) is 5.56 Å². The summed E-state index contributed by atoms with van der Waals surface area (Å²) in [7, 11) is 0. The van der Waals surface area contributed by atoms with Crippen molar-refractivity contribution >= 4 is 5.82 Å². The first-order valence-electron chi connectivity index (χ1n) is 6.60. The summed E-state index contributed by atoms with van der Waals surface area (Å²) in [5, 5.41) is 0. The van der Waals surface area contributed by atoms with E-state index in [1.807, 2.05) is 4.90 Å². The normalized spacial score (nSPS) is 10.9. The molecule has 0 aromatic carbocycles. The highest BCUT2D eigenvalue weighted by Gasteiger charge is 2.12. The van der Waals surface area contributed by atoms with Gasteiger partial charge in [-0.15, -0.1) is 0 Å².